The summed E-state index contributed by atoms with van der Waals surface area (Å²) < 4.78 is 0. The van der Waals surface area contributed by atoms with Gasteiger partial charge < -0.3 is 0 Å². The number of aromatic nitrogens is 1. The minimum atomic E-state index is 1.03. The van der Waals surface area contributed by atoms with Crippen LogP contribution in [0.15, 0.2) is 91.0 Å². The van der Waals surface area contributed by atoms with Crippen molar-refractivity contribution in [3.8, 4) is 33.5 Å². The van der Waals surface area contributed by atoms with Crippen molar-refractivity contribution in [3.05, 3.63) is 102 Å². The molecule has 1 aromatic heterocycles. The predicted octanol–water partition coefficient (Wildman–Crippen LogP) is 6.70. The maximum atomic E-state index is 4.93. The van der Waals surface area contributed by atoms with Crippen LogP contribution in [0, 0.1) is 13.8 Å². The van der Waals surface area contributed by atoms with Crippen LogP contribution in [0.2, 0.25) is 0 Å². The van der Waals surface area contributed by atoms with Crippen LogP contribution in [0.1, 0.15) is 11.3 Å². The standard InChI is InChI=1S/C25H21N/c1-18-10-9-15-22(16-18)23-17-19(2)26-25(21-13-7-4-8-14-21)24(23)20-11-5-3-6-12-20/h3-17H,1-2H3. The van der Waals surface area contributed by atoms with E-state index >= 15 is 0 Å². The van der Waals surface area contributed by atoms with Crippen molar-refractivity contribution < 1.29 is 0 Å². The number of benzene rings is 3. The first-order chi connectivity index (χ1) is 12.7. The van der Waals surface area contributed by atoms with Gasteiger partial charge in [0.15, 0.2) is 0 Å². The first kappa shape index (κ1) is 16.3. The largest absolute Gasteiger partial charge is 0.252 e. The van der Waals surface area contributed by atoms with E-state index in [0.29, 0.717) is 0 Å². The van der Waals surface area contributed by atoms with Crippen LogP contribution >= 0.6 is 0 Å². The van der Waals surface area contributed by atoms with Crippen molar-refractivity contribution in [3.63, 3.8) is 0 Å². The smallest absolute Gasteiger partial charge is 0.0789 e. The van der Waals surface area contributed by atoms with Gasteiger partial charge in [-0.15, -0.1) is 0 Å². The topological polar surface area (TPSA) is 12.9 Å². The summed E-state index contributed by atoms with van der Waals surface area (Å²) in [6, 6.07) is 31.9. The second-order valence-electron chi connectivity index (χ2n) is 6.64. The first-order valence-corrected chi connectivity index (χ1v) is 8.92. The van der Waals surface area contributed by atoms with Crippen molar-refractivity contribution in [2.45, 2.75) is 13.8 Å². The van der Waals surface area contributed by atoms with Crippen molar-refractivity contribution in [1.82, 2.24) is 4.98 Å². The predicted molar refractivity (Wildman–Crippen MR) is 110 cm³/mol. The van der Waals surface area contributed by atoms with E-state index in [1.165, 1.54) is 27.8 Å². The number of aryl methyl sites for hydroxylation is 2. The maximum Gasteiger partial charge on any atom is 0.0789 e. The van der Waals surface area contributed by atoms with Gasteiger partial charge in [-0.2, -0.15) is 0 Å². The average Bonchev–Trinajstić information content (AvgIpc) is 2.69. The van der Waals surface area contributed by atoms with E-state index in [9.17, 15) is 0 Å². The summed E-state index contributed by atoms with van der Waals surface area (Å²) in [6.07, 6.45) is 0. The Kier molecular flexibility index (Phi) is 4.37. The lowest BCUT2D eigenvalue weighted by Crippen LogP contribution is -1.96. The molecule has 0 fully saturated rings. The summed E-state index contributed by atoms with van der Waals surface area (Å²) in [5, 5.41) is 0. The van der Waals surface area contributed by atoms with Crippen molar-refractivity contribution in [2.24, 2.45) is 0 Å². The molecule has 126 valence electrons. The molecule has 0 aliphatic rings. The molecule has 0 saturated heterocycles. The van der Waals surface area contributed by atoms with E-state index in [1.54, 1.807) is 0 Å². The van der Waals surface area contributed by atoms with Crippen LogP contribution in [-0.4, -0.2) is 4.98 Å². The lowest BCUT2D eigenvalue weighted by Gasteiger charge is -2.17. The molecule has 1 heteroatoms. The van der Waals surface area contributed by atoms with Gasteiger partial charge in [0.25, 0.3) is 0 Å². The average molecular weight is 335 g/mol. The molecule has 0 N–H and O–H groups in total. The fraction of sp³-hybridized carbons (Fsp3) is 0.0800. The van der Waals surface area contributed by atoms with Crippen LogP contribution in [-0.2, 0) is 0 Å². The molecule has 4 aromatic rings. The molecule has 0 atom stereocenters. The fourth-order valence-electron chi connectivity index (χ4n) is 3.42. The van der Waals surface area contributed by atoms with Gasteiger partial charge in [0.1, 0.15) is 0 Å². The second-order valence-corrected chi connectivity index (χ2v) is 6.64. The van der Waals surface area contributed by atoms with Gasteiger partial charge in [0.05, 0.1) is 5.69 Å². The van der Waals surface area contributed by atoms with Crippen molar-refractivity contribution >= 4 is 0 Å². The van der Waals surface area contributed by atoms with Crippen LogP contribution in [0.4, 0.5) is 0 Å². The highest BCUT2D eigenvalue weighted by Gasteiger charge is 2.16. The van der Waals surface area contributed by atoms with E-state index in [1.807, 2.05) is 6.07 Å². The molecule has 4 rings (SSSR count). The summed E-state index contributed by atoms with van der Waals surface area (Å²) in [6.45, 7) is 4.21. The lowest BCUT2D eigenvalue weighted by atomic mass is 9.90. The van der Waals surface area contributed by atoms with Gasteiger partial charge in [-0.25, -0.2) is 0 Å². The van der Waals surface area contributed by atoms with Crippen LogP contribution in [0.25, 0.3) is 33.5 Å². The molecule has 0 unspecified atom stereocenters. The third-order valence-corrected chi connectivity index (χ3v) is 4.59. The quantitative estimate of drug-likeness (QED) is 0.406. The van der Waals surface area contributed by atoms with Gasteiger partial charge in [-0.3, -0.25) is 4.98 Å². The molecule has 0 aliphatic carbocycles. The Balaban J connectivity index is 2.07. The van der Waals surface area contributed by atoms with Crippen LogP contribution in [0.5, 0.6) is 0 Å². The highest BCUT2D eigenvalue weighted by molar-refractivity contribution is 5.93. The molecule has 0 bridgehead atoms. The Labute approximate surface area is 155 Å². The molecule has 1 heterocycles. The van der Waals surface area contributed by atoms with Crippen LogP contribution < -0.4 is 0 Å². The Bertz CT molecular complexity index is 1030. The molecule has 0 saturated carbocycles. The number of hydrogen-bond donors (Lipinski definition) is 0. The van der Waals surface area contributed by atoms with Gasteiger partial charge >= 0.3 is 0 Å². The fourth-order valence-corrected chi connectivity index (χ4v) is 3.42. The Morgan fingerprint density at radius 1 is 0.577 bits per heavy atom. The van der Waals surface area contributed by atoms with E-state index in [-0.39, 0.29) is 0 Å². The summed E-state index contributed by atoms with van der Waals surface area (Å²) in [4.78, 5) is 4.93. The van der Waals surface area contributed by atoms with Crippen molar-refractivity contribution in [2.75, 3.05) is 0 Å². The first-order valence-electron chi connectivity index (χ1n) is 8.92. The minimum Gasteiger partial charge on any atom is -0.252 e. The summed E-state index contributed by atoms with van der Waals surface area (Å²) in [5.41, 5.74) is 9.30. The molecule has 0 aliphatic heterocycles. The van der Waals surface area contributed by atoms with Gasteiger partial charge in [-0.05, 0) is 36.6 Å². The molecule has 1 nitrogen and oxygen atoms in total. The number of nitrogens with zero attached hydrogens (tertiary/aromatic N) is 1. The van der Waals surface area contributed by atoms with Gasteiger partial charge in [0, 0.05) is 16.8 Å². The third kappa shape index (κ3) is 3.16. The van der Waals surface area contributed by atoms with Gasteiger partial charge in [-0.1, -0.05) is 90.5 Å². The molecule has 0 spiro atoms. The van der Waals surface area contributed by atoms with Crippen molar-refractivity contribution in [1.29, 1.82) is 0 Å². The zero-order valence-corrected chi connectivity index (χ0v) is 15.1. The summed E-state index contributed by atoms with van der Waals surface area (Å²) in [7, 11) is 0. The van der Waals surface area contributed by atoms with E-state index < -0.39 is 0 Å². The molecule has 0 amide bonds. The van der Waals surface area contributed by atoms with Gasteiger partial charge in [0.2, 0.25) is 0 Å². The third-order valence-electron chi connectivity index (χ3n) is 4.59. The lowest BCUT2D eigenvalue weighted by molar-refractivity contribution is 1.21. The minimum absolute atomic E-state index is 1.03. The molecule has 26 heavy (non-hydrogen) atoms. The number of rotatable bonds is 3. The molecule has 0 radical (unpaired) electrons. The zero-order chi connectivity index (χ0) is 17.9. The normalized spacial score (nSPS) is 10.7. The maximum absolute atomic E-state index is 4.93. The van der Waals surface area contributed by atoms with E-state index in [4.69, 9.17) is 4.98 Å². The Morgan fingerprint density at radius 2 is 1.19 bits per heavy atom. The number of hydrogen-bond acceptors (Lipinski definition) is 1. The van der Waals surface area contributed by atoms with E-state index in [0.717, 1.165) is 17.0 Å². The monoisotopic (exact) mass is 335 g/mol. The Hall–Kier alpha value is -3.19. The highest BCUT2D eigenvalue weighted by Crippen LogP contribution is 2.39. The Morgan fingerprint density at radius 3 is 1.85 bits per heavy atom. The number of pyridine rings is 1. The molecule has 3 aromatic carbocycles. The summed E-state index contributed by atoms with van der Waals surface area (Å²) in [5.74, 6) is 0. The molecular formula is C25H21N. The molecular weight excluding hydrogens is 314 g/mol. The highest BCUT2D eigenvalue weighted by atomic mass is 14.7. The van der Waals surface area contributed by atoms with E-state index in [2.05, 4.69) is 98.8 Å². The zero-order valence-electron chi connectivity index (χ0n) is 15.1. The second kappa shape index (κ2) is 6.97. The SMILES string of the molecule is Cc1cccc(-c2cc(C)nc(-c3ccccc3)c2-c2ccccc2)c1. The van der Waals surface area contributed by atoms with Crippen LogP contribution in [0.3, 0.4) is 0 Å². The summed E-state index contributed by atoms with van der Waals surface area (Å²) >= 11 is 0.